The van der Waals surface area contributed by atoms with Gasteiger partial charge in [-0.1, -0.05) is 37.6 Å². The molecule has 0 spiro atoms. The minimum absolute atomic E-state index is 0.0428. The summed E-state index contributed by atoms with van der Waals surface area (Å²) in [5.74, 6) is 1.86. The highest BCUT2D eigenvalue weighted by Gasteiger charge is 2.26. The van der Waals surface area contributed by atoms with Crippen molar-refractivity contribution in [2.75, 3.05) is 18.0 Å². The first-order valence-corrected chi connectivity index (χ1v) is 9.43. The standard InChI is InChI=1S/C21H22ClN3O/c1-14-11-15(2)13-24(12-14)21-23-19-6-4-3-5-18(19)20(26)25(21)17-9-7-16(22)8-10-17/h3-10,14-15H,11-13H2,1-2H3/t14-,15-/m1/s1. The fourth-order valence-corrected chi connectivity index (χ4v) is 4.11. The Hall–Kier alpha value is -2.33. The van der Waals surface area contributed by atoms with Crippen LogP contribution >= 0.6 is 11.6 Å². The molecule has 5 heteroatoms. The van der Waals surface area contributed by atoms with Gasteiger partial charge in [-0.25, -0.2) is 9.55 Å². The average Bonchev–Trinajstić information content (AvgIpc) is 2.62. The van der Waals surface area contributed by atoms with E-state index < -0.39 is 0 Å². The Balaban J connectivity index is 1.96. The maximum Gasteiger partial charge on any atom is 0.267 e. The molecule has 134 valence electrons. The highest BCUT2D eigenvalue weighted by Crippen LogP contribution is 2.27. The van der Waals surface area contributed by atoms with Gasteiger partial charge in [-0.3, -0.25) is 4.79 Å². The van der Waals surface area contributed by atoms with E-state index in [0.29, 0.717) is 22.2 Å². The molecule has 1 fully saturated rings. The van der Waals surface area contributed by atoms with Crippen molar-refractivity contribution in [2.45, 2.75) is 20.3 Å². The number of hydrogen-bond donors (Lipinski definition) is 0. The molecule has 1 saturated heterocycles. The second-order valence-electron chi connectivity index (χ2n) is 7.40. The van der Waals surface area contributed by atoms with Gasteiger partial charge in [-0.15, -0.1) is 0 Å². The van der Waals surface area contributed by atoms with E-state index in [-0.39, 0.29) is 5.56 Å². The van der Waals surface area contributed by atoms with Gasteiger partial charge in [-0.05, 0) is 54.7 Å². The number of benzene rings is 2. The van der Waals surface area contributed by atoms with Crippen molar-refractivity contribution < 1.29 is 0 Å². The summed E-state index contributed by atoms with van der Waals surface area (Å²) >= 11 is 6.05. The van der Waals surface area contributed by atoms with Gasteiger partial charge in [0.1, 0.15) is 0 Å². The Morgan fingerprint density at radius 2 is 1.65 bits per heavy atom. The number of nitrogens with zero attached hydrogens (tertiary/aromatic N) is 3. The maximum absolute atomic E-state index is 13.3. The molecular formula is C21H22ClN3O. The first-order chi connectivity index (χ1) is 12.5. The summed E-state index contributed by atoms with van der Waals surface area (Å²) in [6, 6.07) is 14.9. The van der Waals surface area contributed by atoms with Gasteiger partial charge >= 0.3 is 0 Å². The van der Waals surface area contributed by atoms with Crippen LogP contribution in [0, 0.1) is 11.8 Å². The van der Waals surface area contributed by atoms with E-state index >= 15 is 0 Å². The summed E-state index contributed by atoms with van der Waals surface area (Å²) in [4.78, 5) is 20.4. The van der Waals surface area contributed by atoms with Crippen molar-refractivity contribution in [2.24, 2.45) is 11.8 Å². The van der Waals surface area contributed by atoms with E-state index in [9.17, 15) is 4.79 Å². The molecule has 4 rings (SSSR count). The molecule has 1 aliphatic heterocycles. The minimum Gasteiger partial charge on any atom is -0.341 e. The summed E-state index contributed by atoms with van der Waals surface area (Å²) in [5.41, 5.74) is 1.49. The lowest BCUT2D eigenvalue weighted by Gasteiger charge is -2.36. The molecule has 0 N–H and O–H groups in total. The van der Waals surface area contributed by atoms with Crippen LogP contribution < -0.4 is 10.5 Å². The summed E-state index contributed by atoms with van der Waals surface area (Å²) in [6.07, 6.45) is 1.20. The van der Waals surface area contributed by atoms with Gasteiger partial charge < -0.3 is 4.90 Å². The first kappa shape index (κ1) is 17.1. The SMILES string of the molecule is C[C@@H]1C[C@@H](C)CN(c2nc3ccccc3c(=O)n2-c2ccc(Cl)cc2)C1. The number of hydrogen-bond acceptors (Lipinski definition) is 3. The highest BCUT2D eigenvalue weighted by molar-refractivity contribution is 6.30. The number of fused-ring (bicyclic) bond motifs is 1. The molecule has 2 heterocycles. The number of anilines is 1. The number of para-hydroxylation sites is 1. The monoisotopic (exact) mass is 367 g/mol. The largest absolute Gasteiger partial charge is 0.341 e. The Labute approximate surface area is 158 Å². The van der Waals surface area contributed by atoms with Gasteiger partial charge in [0, 0.05) is 18.1 Å². The Kier molecular flexibility index (Phi) is 4.45. The van der Waals surface area contributed by atoms with Crippen molar-refractivity contribution in [1.82, 2.24) is 9.55 Å². The molecule has 0 amide bonds. The van der Waals surface area contributed by atoms with Crippen molar-refractivity contribution in [3.63, 3.8) is 0 Å². The van der Waals surface area contributed by atoms with E-state index in [4.69, 9.17) is 16.6 Å². The Morgan fingerprint density at radius 3 is 2.35 bits per heavy atom. The molecule has 1 aliphatic rings. The third-order valence-electron chi connectivity index (χ3n) is 4.99. The summed E-state index contributed by atoms with van der Waals surface area (Å²) < 4.78 is 1.73. The van der Waals surface area contributed by atoms with Gasteiger partial charge in [0.25, 0.3) is 5.56 Å². The molecule has 1 aromatic heterocycles. The van der Waals surface area contributed by atoms with Crippen LogP contribution in [0.5, 0.6) is 0 Å². The second-order valence-corrected chi connectivity index (χ2v) is 7.83. The van der Waals surface area contributed by atoms with Crippen LogP contribution in [0.3, 0.4) is 0 Å². The fourth-order valence-electron chi connectivity index (χ4n) is 3.98. The van der Waals surface area contributed by atoms with Crippen LogP contribution in [-0.2, 0) is 0 Å². The molecule has 3 aromatic rings. The van der Waals surface area contributed by atoms with Crippen molar-refractivity contribution in [3.05, 3.63) is 63.9 Å². The summed E-state index contributed by atoms with van der Waals surface area (Å²) in [5, 5.41) is 1.28. The van der Waals surface area contributed by atoms with E-state index in [0.717, 1.165) is 30.2 Å². The van der Waals surface area contributed by atoms with Crippen molar-refractivity contribution >= 4 is 28.5 Å². The molecule has 2 aromatic carbocycles. The van der Waals surface area contributed by atoms with E-state index in [2.05, 4.69) is 18.7 Å². The van der Waals surface area contributed by atoms with Crippen LogP contribution in [0.1, 0.15) is 20.3 Å². The van der Waals surface area contributed by atoms with Gasteiger partial charge in [0.2, 0.25) is 5.95 Å². The van der Waals surface area contributed by atoms with Crippen LogP contribution in [0.4, 0.5) is 5.95 Å². The lowest BCUT2D eigenvalue weighted by Crippen LogP contribution is -2.42. The molecule has 4 nitrogen and oxygen atoms in total. The maximum atomic E-state index is 13.3. The second kappa shape index (κ2) is 6.76. The van der Waals surface area contributed by atoms with E-state index in [1.165, 1.54) is 6.42 Å². The Bertz CT molecular complexity index is 986. The highest BCUT2D eigenvalue weighted by atomic mass is 35.5. The van der Waals surface area contributed by atoms with Crippen molar-refractivity contribution in [1.29, 1.82) is 0 Å². The molecule has 0 radical (unpaired) electrons. The third-order valence-corrected chi connectivity index (χ3v) is 5.25. The number of rotatable bonds is 2. The smallest absolute Gasteiger partial charge is 0.267 e. The topological polar surface area (TPSA) is 38.1 Å². The van der Waals surface area contributed by atoms with Crippen LogP contribution in [0.15, 0.2) is 53.3 Å². The molecule has 26 heavy (non-hydrogen) atoms. The van der Waals surface area contributed by atoms with Crippen LogP contribution in [-0.4, -0.2) is 22.6 Å². The lowest BCUT2D eigenvalue weighted by molar-refractivity contribution is 0.352. The lowest BCUT2D eigenvalue weighted by atomic mass is 9.92. The first-order valence-electron chi connectivity index (χ1n) is 9.05. The molecule has 2 atom stereocenters. The number of piperidine rings is 1. The fraction of sp³-hybridized carbons (Fsp3) is 0.333. The van der Waals surface area contributed by atoms with Crippen LogP contribution in [0.25, 0.3) is 16.6 Å². The molecule has 0 unspecified atom stereocenters. The van der Waals surface area contributed by atoms with Gasteiger partial charge in [0.05, 0.1) is 16.6 Å². The third kappa shape index (κ3) is 3.10. The molecular weight excluding hydrogens is 346 g/mol. The molecule has 0 saturated carbocycles. The summed E-state index contributed by atoms with van der Waals surface area (Å²) in [6.45, 7) is 6.33. The molecule has 0 aliphatic carbocycles. The predicted octanol–water partition coefficient (Wildman–Crippen LogP) is 4.52. The zero-order valence-electron chi connectivity index (χ0n) is 15.0. The average molecular weight is 368 g/mol. The Morgan fingerprint density at radius 1 is 1.00 bits per heavy atom. The van der Waals surface area contributed by atoms with Gasteiger partial charge in [-0.2, -0.15) is 0 Å². The zero-order chi connectivity index (χ0) is 18.3. The molecule has 0 bridgehead atoms. The number of aromatic nitrogens is 2. The van der Waals surface area contributed by atoms with E-state index in [1.807, 2.05) is 48.5 Å². The predicted molar refractivity (Wildman–Crippen MR) is 108 cm³/mol. The minimum atomic E-state index is -0.0428. The number of halogens is 1. The van der Waals surface area contributed by atoms with Crippen LogP contribution in [0.2, 0.25) is 5.02 Å². The normalized spacial score (nSPS) is 20.5. The van der Waals surface area contributed by atoms with E-state index in [1.54, 1.807) is 4.57 Å². The van der Waals surface area contributed by atoms with Gasteiger partial charge in [0.15, 0.2) is 0 Å². The quantitative estimate of drug-likeness (QED) is 0.668. The summed E-state index contributed by atoms with van der Waals surface area (Å²) in [7, 11) is 0. The zero-order valence-corrected chi connectivity index (χ0v) is 15.8. The van der Waals surface area contributed by atoms with Crippen molar-refractivity contribution in [3.8, 4) is 5.69 Å².